The van der Waals surface area contributed by atoms with Crippen molar-refractivity contribution in [2.24, 2.45) is 0 Å². The Kier molecular flexibility index (Phi) is 41.9. The van der Waals surface area contributed by atoms with Gasteiger partial charge in [0.05, 0.1) is 0 Å². The normalized spacial score (nSPS) is 11.7. The van der Waals surface area contributed by atoms with E-state index < -0.39 is 8.80 Å². The van der Waals surface area contributed by atoms with Gasteiger partial charge in [-0.2, -0.15) is 0 Å². The Labute approximate surface area is 344 Å². The van der Waals surface area contributed by atoms with Crippen LogP contribution in [0.15, 0.2) is 0 Å². The van der Waals surface area contributed by atoms with E-state index in [0.29, 0.717) is 45.3 Å². The van der Waals surface area contributed by atoms with Crippen molar-refractivity contribution in [2.45, 2.75) is 253 Å². The van der Waals surface area contributed by atoms with Gasteiger partial charge in [-0.3, -0.25) is 9.59 Å². The molecule has 0 rings (SSSR count). The van der Waals surface area contributed by atoms with Crippen LogP contribution in [-0.2, 0) is 22.9 Å². The van der Waals surface area contributed by atoms with Crippen molar-refractivity contribution >= 4 is 20.6 Å². The summed E-state index contributed by atoms with van der Waals surface area (Å²) in [5, 5.41) is 3.05. The summed E-state index contributed by atoms with van der Waals surface area (Å²) in [6.07, 6.45) is 41.2. The minimum absolute atomic E-state index is 0.0608. The lowest BCUT2D eigenvalue weighted by atomic mass is 10.0. The van der Waals surface area contributed by atoms with Gasteiger partial charge in [0.15, 0.2) is 0 Å². The standard InChI is InChI=1S/C47H96N2O5Si/c1-6-11-13-15-17-19-21-23-25-27-29-31-33-37-43-49(44-38-34-32-30-28-26-24-22-20-18-16-14-12-7-2)47(51)41-36-35-40-46(50)48-42-39-45-55(52-8-3,53-9-4)54-10-5/h6-45H2,1-5H3,(H,48,50). The Morgan fingerprint density at radius 2 is 0.745 bits per heavy atom. The molecule has 0 aliphatic heterocycles. The summed E-state index contributed by atoms with van der Waals surface area (Å²) in [6, 6.07) is 0.700. The van der Waals surface area contributed by atoms with Gasteiger partial charge >= 0.3 is 8.80 Å². The van der Waals surface area contributed by atoms with Gasteiger partial charge in [-0.1, -0.05) is 181 Å². The zero-order valence-electron chi connectivity index (χ0n) is 37.8. The first-order valence-electron chi connectivity index (χ1n) is 24.4. The van der Waals surface area contributed by atoms with Crippen LogP contribution in [0.2, 0.25) is 6.04 Å². The van der Waals surface area contributed by atoms with Crippen molar-refractivity contribution in [1.82, 2.24) is 10.2 Å². The molecule has 0 aromatic carbocycles. The molecule has 0 saturated carbocycles. The molecule has 0 radical (unpaired) electrons. The van der Waals surface area contributed by atoms with Crippen LogP contribution in [0.5, 0.6) is 0 Å². The molecule has 7 nitrogen and oxygen atoms in total. The Hall–Kier alpha value is -0.963. The number of hydrogen-bond acceptors (Lipinski definition) is 5. The number of hydrogen-bond donors (Lipinski definition) is 1. The van der Waals surface area contributed by atoms with Gasteiger partial charge in [-0.15, -0.1) is 0 Å². The van der Waals surface area contributed by atoms with Crippen LogP contribution in [0.4, 0.5) is 0 Å². The fourth-order valence-corrected chi connectivity index (χ4v) is 10.3. The molecule has 0 atom stereocenters. The van der Waals surface area contributed by atoms with E-state index in [0.717, 1.165) is 45.2 Å². The van der Waals surface area contributed by atoms with Crippen LogP contribution in [0, 0.1) is 0 Å². The maximum Gasteiger partial charge on any atom is 0.500 e. The number of unbranched alkanes of at least 4 members (excludes halogenated alkanes) is 27. The fraction of sp³-hybridized carbons (Fsp3) is 0.957. The van der Waals surface area contributed by atoms with Gasteiger partial charge in [0.2, 0.25) is 11.8 Å². The van der Waals surface area contributed by atoms with E-state index >= 15 is 0 Å². The molecule has 0 spiro atoms. The Balaban J connectivity index is 4.41. The average Bonchev–Trinajstić information content (AvgIpc) is 3.17. The Morgan fingerprint density at radius 1 is 0.418 bits per heavy atom. The molecule has 0 unspecified atom stereocenters. The van der Waals surface area contributed by atoms with Crippen LogP contribution in [0.25, 0.3) is 0 Å². The van der Waals surface area contributed by atoms with E-state index in [-0.39, 0.29) is 11.8 Å². The second-order valence-electron chi connectivity index (χ2n) is 16.2. The molecular weight excluding hydrogens is 701 g/mol. The third kappa shape index (κ3) is 35.9. The van der Waals surface area contributed by atoms with E-state index in [2.05, 4.69) is 24.1 Å². The highest BCUT2D eigenvalue weighted by molar-refractivity contribution is 6.60. The minimum atomic E-state index is -2.67. The summed E-state index contributed by atoms with van der Waals surface area (Å²) in [7, 11) is -2.67. The molecule has 8 heteroatoms. The summed E-state index contributed by atoms with van der Waals surface area (Å²) in [5.41, 5.74) is 0. The Bertz CT molecular complexity index is 767. The molecule has 0 aliphatic carbocycles. The van der Waals surface area contributed by atoms with E-state index in [1.54, 1.807) is 0 Å². The molecule has 0 aromatic rings. The van der Waals surface area contributed by atoms with E-state index in [4.69, 9.17) is 13.3 Å². The molecule has 2 amide bonds. The third-order valence-electron chi connectivity index (χ3n) is 11.0. The second kappa shape index (κ2) is 42.6. The lowest BCUT2D eigenvalue weighted by Crippen LogP contribution is -2.46. The molecule has 1 N–H and O–H groups in total. The smallest absolute Gasteiger partial charge is 0.374 e. The highest BCUT2D eigenvalue weighted by Gasteiger charge is 2.39. The third-order valence-corrected chi connectivity index (χ3v) is 14.2. The minimum Gasteiger partial charge on any atom is -0.374 e. The van der Waals surface area contributed by atoms with Gasteiger partial charge in [-0.25, -0.2) is 0 Å². The highest BCUT2D eigenvalue weighted by Crippen LogP contribution is 2.19. The molecule has 0 saturated heterocycles. The lowest BCUT2D eigenvalue weighted by Gasteiger charge is -2.28. The fourth-order valence-electron chi connectivity index (χ4n) is 7.70. The zero-order valence-corrected chi connectivity index (χ0v) is 38.8. The molecule has 0 bridgehead atoms. The van der Waals surface area contributed by atoms with Crippen LogP contribution in [0.1, 0.15) is 247 Å². The topological polar surface area (TPSA) is 77.1 Å². The average molecular weight is 797 g/mol. The van der Waals surface area contributed by atoms with Crippen molar-refractivity contribution in [2.75, 3.05) is 39.5 Å². The van der Waals surface area contributed by atoms with Crippen LogP contribution in [0.3, 0.4) is 0 Å². The van der Waals surface area contributed by atoms with Crippen molar-refractivity contribution in [3.05, 3.63) is 0 Å². The zero-order chi connectivity index (χ0) is 40.3. The number of carbonyl (C=O) groups excluding carboxylic acids is 2. The van der Waals surface area contributed by atoms with Gasteiger partial charge < -0.3 is 23.5 Å². The number of carbonyl (C=O) groups is 2. The quantitative estimate of drug-likeness (QED) is 0.0490. The first-order chi connectivity index (χ1) is 27.0. The van der Waals surface area contributed by atoms with E-state index in [1.807, 2.05) is 20.8 Å². The van der Waals surface area contributed by atoms with Crippen LogP contribution in [-0.4, -0.2) is 65.0 Å². The number of nitrogens with one attached hydrogen (secondary N) is 1. The first-order valence-corrected chi connectivity index (χ1v) is 26.4. The van der Waals surface area contributed by atoms with Crippen molar-refractivity contribution in [3.8, 4) is 0 Å². The predicted molar refractivity (Wildman–Crippen MR) is 239 cm³/mol. The van der Waals surface area contributed by atoms with Crippen LogP contribution < -0.4 is 5.32 Å². The van der Waals surface area contributed by atoms with Crippen LogP contribution >= 0.6 is 0 Å². The number of nitrogens with zero attached hydrogens (tertiary/aromatic N) is 1. The summed E-state index contributed by atoms with van der Waals surface area (Å²) < 4.78 is 17.8. The second-order valence-corrected chi connectivity index (χ2v) is 18.9. The lowest BCUT2D eigenvalue weighted by molar-refractivity contribution is -0.131. The first kappa shape index (κ1) is 54.0. The summed E-state index contributed by atoms with van der Waals surface area (Å²) >= 11 is 0. The van der Waals surface area contributed by atoms with Gasteiger partial charge in [0.25, 0.3) is 0 Å². The molecule has 0 fully saturated rings. The monoisotopic (exact) mass is 797 g/mol. The molecule has 0 aliphatic rings. The number of rotatable bonds is 45. The van der Waals surface area contributed by atoms with Crippen molar-refractivity contribution in [3.63, 3.8) is 0 Å². The van der Waals surface area contributed by atoms with Crippen molar-refractivity contribution < 1.29 is 22.9 Å². The molecule has 328 valence electrons. The summed E-state index contributed by atoms with van der Waals surface area (Å²) in [4.78, 5) is 28.1. The van der Waals surface area contributed by atoms with E-state index in [1.165, 1.54) is 167 Å². The number of amides is 2. The van der Waals surface area contributed by atoms with Crippen molar-refractivity contribution in [1.29, 1.82) is 0 Å². The van der Waals surface area contributed by atoms with Gasteiger partial charge in [0, 0.05) is 58.3 Å². The maximum atomic E-state index is 13.4. The maximum absolute atomic E-state index is 13.4. The van der Waals surface area contributed by atoms with E-state index in [9.17, 15) is 9.59 Å². The molecular formula is C47H96N2O5Si. The SMILES string of the molecule is CCCCCCCCCCCCCCCCN(CCCCCCCCCCCCCCCC)C(=O)CCCCC(=O)NCCC[Si](OCC)(OCC)OCC. The summed E-state index contributed by atoms with van der Waals surface area (Å²) in [5.74, 6) is 0.347. The van der Waals surface area contributed by atoms with Gasteiger partial charge in [0.1, 0.15) is 0 Å². The molecule has 0 heterocycles. The molecule has 55 heavy (non-hydrogen) atoms. The molecule has 0 aromatic heterocycles. The highest BCUT2D eigenvalue weighted by atomic mass is 28.4. The summed E-state index contributed by atoms with van der Waals surface area (Å²) in [6.45, 7) is 14.5. The predicted octanol–water partition coefficient (Wildman–Crippen LogP) is 13.9. The van der Waals surface area contributed by atoms with Gasteiger partial charge in [-0.05, 0) is 52.9 Å². The largest absolute Gasteiger partial charge is 0.500 e. The Morgan fingerprint density at radius 3 is 1.09 bits per heavy atom.